The maximum atomic E-state index is 12.9. The highest BCUT2D eigenvalue weighted by atomic mass is 32.2. The lowest BCUT2D eigenvalue weighted by Gasteiger charge is -2.12. The van der Waals surface area contributed by atoms with Crippen LogP contribution in [0.15, 0.2) is 107 Å². The molecule has 0 radical (unpaired) electrons. The monoisotopic (exact) mass is 768 g/mol. The summed E-state index contributed by atoms with van der Waals surface area (Å²) >= 11 is 0. The van der Waals surface area contributed by atoms with Gasteiger partial charge >= 0.3 is 12.0 Å². The van der Waals surface area contributed by atoms with Gasteiger partial charge in [-0.05, 0) is 59.7 Å². The van der Waals surface area contributed by atoms with Gasteiger partial charge < -0.3 is 30.7 Å². The predicted molar refractivity (Wildman–Crippen MR) is 204 cm³/mol. The lowest BCUT2D eigenvalue weighted by atomic mass is 10.1. The van der Waals surface area contributed by atoms with Crippen molar-refractivity contribution in [3.8, 4) is 12.0 Å². The Labute approximate surface area is 310 Å². The van der Waals surface area contributed by atoms with Gasteiger partial charge in [0.2, 0.25) is 23.8 Å². The molecule has 0 unspecified atom stereocenters. The molecule has 0 saturated carbocycles. The van der Waals surface area contributed by atoms with Gasteiger partial charge in [0, 0.05) is 29.0 Å². The number of sulfone groups is 1. The Bertz CT molecular complexity index is 2370. The molecule has 6 rings (SSSR count). The van der Waals surface area contributed by atoms with Crippen molar-refractivity contribution in [3.63, 3.8) is 0 Å². The molecule has 0 aliphatic rings. The van der Waals surface area contributed by atoms with Gasteiger partial charge in [-0.3, -0.25) is 4.55 Å². The molecule has 17 nitrogen and oxygen atoms in total. The van der Waals surface area contributed by atoms with Gasteiger partial charge in [0.15, 0.2) is 9.84 Å². The van der Waals surface area contributed by atoms with Crippen molar-refractivity contribution in [1.29, 1.82) is 0 Å². The van der Waals surface area contributed by atoms with Gasteiger partial charge in [0.25, 0.3) is 10.1 Å². The van der Waals surface area contributed by atoms with E-state index in [1.807, 2.05) is 60.7 Å². The average molecular weight is 769 g/mol. The van der Waals surface area contributed by atoms with Crippen molar-refractivity contribution in [3.05, 3.63) is 108 Å². The largest absolute Gasteiger partial charge is 0.467 e. The summed E-state index contributed by atoms with van der Waals surface area (Å²) in [6.45, 7) is 0. The second-order valence-corrected chi connectivity index (χ2v) is 14.6. The molecule has 19 heteroatoms. The van der Waals surface area contributed by atoms with Gasteiger partial charge in [0.1, 0.15) is 4.90 Å². The SMILES string of the molecule is COc1nc(Nc2ccccc2)nc(Nc2ccc(C=Cc3ccc(Nc4nc(Nc5ccccc5)nc(OC)n4)cc3S(=O)(=O)O)c(S(C)(=O)=O)c2)n1. The lowest BCUT2D eigenvalue weighted by Crippen LogP contribution is -2.07. The molecule has 0 saturated heterocycles. The van der Waals surface area contributed by atoms with Crippen LogP contribution in [0.1, 0.15) is 11.1 Å². The average Bonchev–Trinajstić information content (AvgIpc) is 3.14. The van der Waals surface area contributed by atoms with E-state index in [-0.39, 0.29) is 57.5 Å². The molecule has 0 bridgehead atoms. The summed E-state index contributed by atoms with van der Waals surface area (Å²) < 4.78 is 71.5. The zero-order valence-electron chi connectivity index (χ0n) is 28.8. The van der Waals surface area contributed by atoms with Crippen LogP contribution in [0.2, 0.25) is 0 Å². The molecule has 2 heterocycles. The van der Waals surface area contributed by atoms with Crippen LogP contribution in [-0.4, -0.2) is 71.8 Å². The number of rotatable bonds is 14. The fourth-order valence-electron chi connectivity index (χ4n) is 4.90. The van der Waals surface area contributed by atoms with Crippen LogP contribution < -0.4 is 30.7 Å². The smallest absolute Gasteiger partial charge is 0.322 e. The molecule has 54 heavy (non-hydrogen) atoms. The molecule has 0 aliphatic carbocycles. The Morgan fingerprint density at radius 1 is 0.519 bits per heavy atom. The number of benzene rings is 4. The van der Waals surface area contributed by atoms with Crippen LogP contribution >= 0.6 is 0 Å². The maximum absolute atomic E-state index is 12.9. The fourth-order valence-corrected chi connectivity index (χ4v) is 6.52. The van der Waals surface area contributed by atoms with E-state index < -0.39 is 24.9 Å². The number of hydrogen-bond acceptors (Lipinski definition) is 16. The molecule has 5 N–H and O–H groups in total. The number of anilines is 8. The summed E-state index contributed by atoms with van der Waals surface area (Å²) in [5, 5.41) is 12.0. The summed E-state index contributed by atoms with van der Waals surface area (Å²) in [5.74, 6) is 0.447. The van der Waals surface area contributed by atoms with Crippen LogP contribution in [0.25, 0.3) is 12.2 Å². The number of para-hydroxylation sites is 2. The summed E-state index contributed by atoms with van der Waals surface area (Å²) in [6, 6.07) is 27.0. The second-order valence-electron chi connectivity index (χ2n) is 11.3. The summed E-state index contributed by atoms with van der Waals surface area (Å²) in [4.78, 5) is 24.9. The van der Waals surface area contributed by atoms with Crippen LogP contribution in [-0.2, 0) is 20.0 Å². The topological polar surface area (TPSA) is 232 Å². The minimum Gasteiger partial charge on any atom is -0.467 e. The third kappa shape index (κ3) is 9.59. The van der Waals surface area contributed by atoms with E-state index in [2.05, 4.69) is 51.2 Å². The van der Waals surface area contributed by atoms with Crippen molar-refractivity contribution >= 4 is 78.7 Å². The number of nitrogens with zero attached hydrogens (tertiary/aromatic N) is 6. The molecule has 276 valence electrons. The van der Waals surface area contributed by atoms with Crippen LogP contribution in [0.5, 0.6) is 12.0 Å². The van der Waals surface area contributed by atoms with Gasteiger partial charge in [-0.15, -0.1) is 0 Å². The summed E-state index contributed by atoms with van der Waals surface area (Å²) in [5.41, 5.74) is 2.28. The third-order valence-electron chi connectivity index (χ3n) is 7.31. The zero-order valence-corrected chi connectivity index (χ0v) is 30.4. The van der Waals surface area contributed by atoms with Crippen LogP contribution in [0.3, 0.4) is 0 Å². The molecule has 0 atom stereocenters. The van der Waals surface area contributed by atoms with Crippen molar-refractivity contribution in [2.45, 2.75) is 9.79 Å². The Hall–Kier alpha value is -6.70. The van der Waals surface area contributed by atoms with Crippen molar-refractivity contribution in [2.24, 2.45) is 0 Å². The maximum Gasteiger partial charge on any atom is 0.322 e. The van der Waals surface area contributed by atoms with Crippen LogP contribution in [0.4, 0.5) is 46.5 Å². The van der Waals surface area contributed by atoms with Crippen molar-refractivity contribution in [1.82, 2.24) is 29.9 Å². The van der Waals surface area contributed by atoms with Gasteiger partial charge in [0.05, 0.1) is 19.1 Å². The molecule has 6 aromatic rings. The lowest BCUT2D eigenvalue weighted by molar-refractivity contribution is 0.379. The van der Waals surface area contributed by atoms with Gasteiger partial charge in [-0.25, -0.2) is 8.42 Å². The highest BCUT2D eigenvalue weighted by Gasteiger charge is 2.18. The van der Waals surface area contributed by atoms with E-state index in [0.717, 1.165) is 11.9 Å². The molecular weight excluding hydrogens is 737 g/mol. The van der Waals surface area contributed by atoms with E-state index in [4.69, 9.17) is 9.47 Å². The first-order valence-electron chi connectivity index (χ1n) is 15.8. The van der Waals surface area contributed by atoms with E-state index in [1.165, 1.54) is 56.7 Å². The van der Waals surface area contributed by atoms with Gasteiger partial charge in [-0.2, -0.15) is 38.3 Å². The third-order valence-corrected chi connectivity index (χ3v) is 9.38. The van der Waals surface area contributed by atoms with Gasteiger partial charge in [-0.1, -0.05) is 60.7 Å². The normalized spacial score (nSPS) is 11.6. The number of aromatic nitrogens is 6. The molecule has 0 fully saturated rings. The van der Waals surface area contributed by atoms with Crippen molar-refractivity contribution < 1.29 is 30.9 Å². The standard InChI is InChI=1S/C35H32N10O7S2/c1-51-34-42-30(36-24-10-6-4-7-11-24)40-32(44-34)38-26-18-16-22(28(20-26)53(3,46)47)14-15-23-17-19-27(21-29(23)54(48,49)50)39-33-41-31(43-35(45-33)52-2)37-25-12-8-5-9-13-25/h4-21H,1-3H3,(H,48,49,50)(H2,36,38,40,42,44)(H2,37,39,41,43,45). The Morgan fingerprint density at radius 3 is 1.26 bits per heavy atom. The van der Waals surface area contributed by atoms with E-state index in [9.17, 15) is 21.4 Å². The number of nitrogens with one attached hydrogen (secondary N) is 4. The molecule has 0 amide bonds. The molecular formula is C35H32N10O7S2. The Morgan fingerprint density at radius 2 is 0.889 bits per heavy atom. The summed E-state index contributed by atoms with van der Waals surface area (Å²) in [6.07, 6.45) is 3.83. The van der Waals surface area contributed by atoms with E-state index in [0.29, 0.717) is 11.4 Å². The highest BCUT2D eigenvalue weighted by molar-refractivity contribution is 7.90. The van der Waals surface area contributed by atoms with Crippen molar-refractivity contribution in [2.75, 3.05) is 41.7 Å². The molecule has 0 aliphatic heterocycles. The number of ether oxygens (including phenoxy) is 2. The number of hydrogen-bond donors (Lipinski definition) is 5. The highest BCUT2D eigenvalue weighted by Crippen LogP contribution is 2.29. The fraction of sp³-hybridized carbons (Fsp3) is 0.0857. The molecule has 4 aromatic carbocycles. The Kier molecular flexibility index (Phi) is 10.9. The Balaban J connectivity index is 1.26. The zero-order chi connectivity index (χ0) is 38.3. The van der Waals surface area contributed by atoms with E-state index in [1.54, 1.807) is 6.07 Å². The second kappa shape index (κ2) is 15.9. The van der Waals surface area contributed by atoms with Crippen LogP contribution in [0, 0.1) is 0 Å². The first-order valence-corrected chi connectivity index (χ1v) is 19.1. The summed E-state index contributed by atoms with van der Waals surface area (Å²) in [7, 11) is -5.80. The number of methoxy groups -OCH3 is 2. The first-order chi connectivity index (χ1) is 25.9. The minimum atomic E-state index is -4.77. The molecule has 0 spiro atoms. The van der Waals surface area contributed by atoms with E-state index >= 15 is 0 Å². The predicted octanol–water partition coefficient (Wildman–Crippen LogP) is 5.87. The first kappa shape index (κ1) is 37.1. The minimum absolute atomic E-state index is 0.0127. The molecule has 2 aromatic heterocycles. The quantitative estimate of drug-likeness (QED) is 0.0644.